The van der Waals surface area contributed by atoms with E-state index in [-0.39, 0.29) is 17.3 Å². The summed E-state index contributed by atoms with van der Waals surface area (Å²) in [5.74, 6) is 1.15. The molecule has 0 aliphatic rings. The van der Waals surface area contributed by atoms with Crippen LogP contribution in [0.25, 0.3) is 0 Å². The van der Waals surface area contributed by atoms with Crippen molar-refractivity contribution < 1.29 is 27.4 Å². The first kappa shape index (κ1) is 20.7. The summed E-state index contributed by atoms with van der Waals surface area (Å²) in [5, 5.41) is 4.90. The first-order chi connectivity index (χ1) is 12.7. The highest BCUT2D eigenvalue weighted by Crippen LogP contribution is 2.33. The van der Waals surface area contributed by atoms with E-state index in [4.69, 9.17) is 21.1 Å². The Hall–Kier alpha value is -2.61. The molecule has 0 saturated heterocycles. The predicted octanol–water partition coefficient (Wildman–Crippen LogP) is 4.74. The van der Waals surface area contributed by atoms with Crippen LogP contribution in [0.1, 0.15) is 11.1 Å². The van der Waals surface area contributed by atoms with Gasteiger partial charge in [-0.2, -0.15) is 13.2 Å². The van der Waals surface area contributed by atoms with Crippen LogP contribution in [-0.2, 0) is 12.6 Å². The van der Waals surface area contributed by atoms with E-state index >= 15 is 0 Å². The summed E-state index contributed by atoms with van der Waals surface area (Å²) in [6.07, 6.45) is -4.03. The first-order valence-corrected chi connectivity index (χ1v) is 8.25. The third-order valence-corrected chi connectivity index (χ3v) is 4.02. The molecule has 0 spiro atoms. The van der Waals surface area contributed by atoms with Crippen molar-refractivity contribution in [2.24, 2.45) is 0 Å². The van der Waals surface area contributed by atoms with Crippen LogP contribution in [0.5, 0.6) is 11.5 Å². The highest BCUT2D eigenvalue weighted by molar-refractivity contribution is 6.33. The van der Waals surface area contributed by atoms with Gasteiger partial charge in [-0.1, -0.05) is 17.7 Å². The first-order valence-electron chi connectivity index (χ1n) is 7.87. The lowest BCUT2D eigenvalue weighted by molar-refractivity contribution is -0.137. The quantitative estimate of drug-likeness (QED) is 0.733. The van der Waals surface area contributed by atoms with Crippen LogP contribution < -0.4 is 20.1 Å². The number of ether oxygens (including phenoxy) is 2. The Morgan fingerprint density at radius 3 is 2.41 bits per heavy atom. The van der Waals surface area contributed by atoms with Gasteiger partial charge in [-0.3, -0.25) is 0 Å². The van der Waals surface area contributed by atoms with Crippen LogP contribution in [0, 0.1) is 0 Å². The molecule has 0 aliphatic carbocycles. The van der Waals surface area contributed by atoms with Crippen LogP contribution in [0.15, 0.2) is 36.4 Å². The van der Waals surface area contributed by atoms with E-state index in [1.165, 1.54) is 14.2 Å². The molecule has 0 radical (unpaired) electrons. The molecule has 0 atom stereocenters. The normalized spacial score (nSPS) is 11.0. The number of amides is 2. The monoisotopic (exact) mass is 402 g/mol. The fourth-order valence-corrected chi connectivity index (χ4v) is 2.49. The molecule has 0 fully saturated rings. The molecule has 0 aromatic heterocycles. The number of halogens is 4. The molecular formula is C18H18ClF3N2O3. The highest BCUT2D eigenvalue weighted by atomic mass is 35.5. The van der Waals surface area contributed by atoms with Gasteiger partial charge >= 0.3 is 12.2 Å². The summed E-state index contributed by atoms with van der Waals surface area (Å²) < 4.78 is 48.6. The lowest BCUT2D eigenvalue weighted by Gasteiger charge is -2.13. The van der Waals surface area contributed by atoms with Crippen LogP contribution in [0.4, 0.5) is 23.7 Å². The molecule has 2 N–H and O–H groups in total. The maximum Gasteiger partial charge on any atom is 0.416 e. The highest BCUT2D eigenvalue weighted by Gasteiger charge is 2.31. The number of benzene rings is 2. The zero-order chi connectivity index (χ0) is 20.0. The number of urea groups is 1. The van der Waals surface area contributed by atoms with Gasteiger partial charge in [0.2, 0.25) is 0 Å². The minimum Gasteiger partial charge on any atom is -0.493 e. The lowest BCUT2D eigenvalue weighted by atomic mass is 10.1. The van der Waals surface area contributed by atoms with E-state index in [2.05, 4.69) is 10.6 Å². The van der Waals surface area contributed by atoms with E-state index in [1.54, 1.807) is 12.1 Å². The van der Waals surface area contributed by atoms with Crippen LogP contribution in [0.2, 0.25) is 5.02 Å². The van der Waals surface area contributed by atoms with Gasteiger partial charge < -0.3 is 20.1 Å². The van der Waals surface area contributed by atoms with Crippen LogP contribution in [0.3, 0.4) is 0 Å². The molecule has 2 amide bonds. The van der Waals surface area contributed by atoms with Gasteiger partial charge in [0.1, 0.15) is 0 Å². The Morgan fingerprint density at radius 1 is 1.07 bits per heavy atom. The number of rotatable bonds is 6. The molecule has 0 unspecified atom stereocenters. The number of hydrogen-bond donors (Lipinski definition) is 2. The van der Waals surface area contributed by atoms with Gasteiger partial charge in [0.05, 0.1) is 30.5 Å². The molecule has 0 saturated carbocycles. The third kappa shape index (κ3) is 5.68. The Balaban J connectivity index is 1.94. The van der Waals surface area contributed by atoms with Crippen molar-refractivity contribution in [1.82, 2.24) is 5.32 Å². The van der Waals surface area contributed by atoms with E-state index in [0.717, 1.165) is 23.8 Å². The van der Waals surface area contributed by atoms with Crippen molar-refractivity contribution >= 4 is 23.3 Å². The number of alkyl halides is 3. The third-order valence-electron chi connectivity index (χ3n) is 3.69. The summed E-state index contributed by atoms with van der Waals surface area (Å²) in [5.41, 5.74) is -0.118. The van der Waals surface area contributed by atoms with Crippen molar-refractivity contribution in [3.05, 3.63) is 52.5 Å². The second-order valence-electron chi connectivity index (χ2n) is 5.51. The minimum absolute atomic E-state index is 0.0121. The number of anilines is 1. The van der Waals surface area contributed by atoms with E-state index in [0.29, 0.717) is 17.9 Å². The standard InChI is InChI=1S/C18H18ClF3N2O3/c1-26-15-6-3-11(9-16(15)27-2)7-8-23-17(25)24-14-10-12(18(20,21)22)4-5-13(14)19/h3-6,9-10H,7-8H2,1-2H3,(H2,23,24,25). The molecule has 9 heteroatoms. The Bertz CT molecular complexity index is 813. The predicted molar refractivity (Wildman–Crippen MR) is 96.7 cm³/mol. The zero-order valence-electron chi connectivity index (χ0n) is 14.6. The maximum absolute atomic E-state index is 12.8. The molecule has 2 aromatic carbocycles. The Morgan fingerprint density at radius 2 is 1.78 bits per heavy atom. The molecule has 5 nitrogen and oxygen atoms in total. The van der Waals surface area contributed by atoms with E-state index in [9.17, 15) is 18.0 Å². The average Bonchev–Trinajstić information content (AvgIpc) is 2.62. The van der Waals surface area contributed by atoms with Crippen molar-refractivity contribution in [2.75, 3.05) is 26.1 Å². The van der Waals surface area contributed by atoms with Crippen molar-refractivity contribution in [3.8, 4) is 11.5 Å². The number of hydrogen-bond acceptors (Lipinski definition) is 3. The van der Waals surface area contributed by atoms with Crippen LogP contribution in [-0.4, -0.2) is 26.8 Å². The van der Waals surface area contributed by atoms with Gasteiger partial charge in [0.25, 0.3) is 0 Å². The second-order valence-corrected chi connectivity index (χ2v) is 5.92. The van der Waals surface area contributed by atoms with Gasteiger partial charge in [0.15, 0.2) is 11.5 Å². The largest absolute Gasteiger partial charge is 0.493 e. The minimum atomic E-state index is -4.52. The fraction of sp³-hybridized carbons (Fsp3) is 0.278. The van der Waals surface area contributed by atoms with E-state index in [1.807, 2.05) is 6.07 Å². The van der Waals surface area contributed by atoms with E-state index < -0.39 is 17.8 Å². The molecule has 146 valence electrons. The Labute approximate surface area is 159 Å². The summed E-state index contributed by atoms with van der Waals surface area (Å²) in [4.78, 5) is 11.9. The number of methoxy groups -OCH3 is 2. The van der Waals surface area contributed by atoms with Gasteiger partial charge in [-0.05, 0) is 42.3 Å². The lowest BCUT2D eigenvalue weighted by Crippen LogP contribution is -2.30. The average molecular weight is 403 g/mol. The molecular weight excluding hydrogens is 385 g/mol. The molecule has 0 heterocycles. The van der Waals surface area contributed by atoms with Gasteiger partial charge in [-0.15, -0.1) is 0 Å². The van der Waals surface area contributed by atoms with Crippen molar-refractivity contribution in [2.45, 2.75) is 12.6 Å². The number of carbonyl (C=O) groups is 1. The maximum atomic E-state index is 12.8. The second kappa shape index (κ2) is 8.85. The SMILES string of the molecule is COc1ccc(CCNC(=O)Nc2cc(C(F)(F)F)ccc2Cl)cc1OC. The Kier molecular flexibility index (Phi) is 6.79. The van der Waals surface area contributed by atoms with Gasteiger partial charge in [-0.25, -0.2) is 4.79 Å². The summed E-state index contributed by atoms with van der Waals surface area (Å²) >= 11 is 5.85. The van der Waals surface area contributed by atoms with Crippen LogP contribution >= 0.6 is 11.6 Å². The summed E-state index contributed by atoms with van der Waals surface area (Å²) in [6.45, 7) is 0.262. The molecule has 2 rings (SSSR count). The topological polar surface area (TPSA) is 59.6 Å². The van der Waals surface area contributed by atoms with Gasteiger partial charge in [0, 0.05) is 6.54 Å². The molecule has 0 bridgehead atoms. The molecule has 27 heavy (non-hydrogen) atoms. The zero-order valence-corrected chi connectivity index (χ0v) is 15.4. The summed E-state index contributed by atoms with van der Waals surface area (Å²) in [7, 11) is 3.05. The van der Waals surface area contributed by atoms with Crippen molar-refractivity contribution in [3.63, 3.8) is 0 Å². The van der Waals surface area contributed by atoms with Crippen molar-refractivity contribution in [1.29, 1.82) is 0 Å². The fourth-order valence-electron chi connectivity index (χ4n) is 2.32. The number of carbonyl (C=O) groups excluding carboxylic acids is 1. The number of nitrogens with one attached hydrogen (secondary N) is 2. The smallest absolute Gasteiger partial charge is 0.416 e. The molecule has 2 aromatic rings. The molecule has 0 aliphatic heterocycles. The summed E-state index contributed by atoms with van der Waals surface area (Å²) in [6, 6.07) is 7.42.